The molecule has 1 nitrogen and oxygen atoms in total. The summed E-state index contributed by atoms with van der Waals surface area (Å²) >= 11 is 0. The molecule has 0 aliphatic carbocycles. The van der Waals surface area contributed by atoms with Crippen LogP contribution in [0.2, 0.25) is 0 Å². The van der Waals surface area contributed by atoms with Crippen LogP contribution >= 0.6 is 0 Å². The summed E-state index contributed by atoms with van der Waals surface area (Å²) in [5, 5.41) is 0. The molecule has 0 aromatic carbocycles. The van der Waals surface area contributed by atoms with E-state index in [1.54, 1.807) is 0 Å². The summed E-state index contributed by atoms with van der Waals surface area (Å²) in [6.45, 7) is 0. The van der Waals surface area contributed by atoms with E-state index in [1.165, 1.54) is 0 Å². The second-order valence-electron chi connectivity index (χ2n) is 0. The van der Waals surface area contributed by atoms with Gasteiger partial charge in [-0.15, -0.1) is 0 Å². The van der Waals surface area contributed by atoms with Gasteiger partial charge in [-0.05, 0) is 0 Å². The molecule has 0 fully saturated rings. The van der Waals surface area contributed by atoms with Gasteiger partial charge in [-0.3, -0.25) is 0 Å². The van der Waals surface area contributed by atoms with E-state index in [9.17, 15) is 0 Å². The zero-order valence-electron chi connectivity index (χ0n) is 1.21. The second-order valence-corrected chi connectivity index (χ2v) is 0. The van der Waals surface area contributed by atoms with Crippen LogP contribution < -0.4 is 6.15 Å². The minimum atomic E-state index is 0. The first-order valence-corrected chi connectivity index (χ1v) is 0. The van der Waals surface area contributed by atoms with Crippen molar-refractivity contribution < 1.29 is 0 Å². The summed E-state index contributed by atoms with van der Waals surface area (Å²) in [5.74, 6) is 0. The van der Waals surface area contributed by atoms with Crippen molar-refractivity contribution in [1.29, 1.82) is 0 Å². The summed E-state index contributed by atoms with van der Waals surface area (Å²) in [4.78, 5) is 0. The van der Waals surface area contributed by atoms with Gasteiger partial charge in [0.05, 0.1) is 8.41 Å². The van der Waals surface area contributed by atoms with Crippen molar-refractivity contribution in [3.63, 3.8) is 0 Å². The summed E-state index contributed by atoms with van der Waals surface area (Å²) in [5.41, 5.74) is 0. The van der Waals surface area contributed by atoms with E-state index < -0.39 is 0 Å². The Morgan fingerprint density at radius 3 is 1.00 bits per heavy atom. The fraction of sp³-hybridized carbons (Fsp3) is 0. The van der Waals surface area contributed by atoms with Crippen molar-refractivity contribution in [2.45, 2.75) is 0 Å². The predicted octanol–water partition coefficient (Wildman–Crippen LogP) is -3.39. The molecule has 4 heavy (non-hydrogen) atoms. The van der Waals surface area contributed by atoms with Gasteiger partial charge in [-0.2, -0.15) is 0 Å². The first-order chi connectivity index (χ1) is 0. The van der Waals surface area contributed by atoms with Gasteiger partial charge in [0, 0.05) is 0 Å². The third kappa shape index (κ3) is 10.1. The van der Waals surface area contributed by atoms with E-state index >= 15 is 0 Å². The summed E-state index contributed by atoms with van der Waals surface area (Å²) in [6, 6.07) is 0. The Labute approximate surface area is 55.8 Å². The predicted molar refractivity (Wildman–Crippen MR) is 34.8 cm³/mol. The van der Waals surface area contributed by atoms with Crippen molar-refractivity contribution in [2.24, 2.45) is 0 Å². The molecule has 0 radical (unpaired) electrons. The topological polar surface area (TPSA) is 35.0 Å². The monoisotopic (exact) mass is 241 g/mol. The van der Waals surface area contributed by atoms with Crippen LogP contribution in [0.5, 0.6) is 0 Å². The van der Waals surface area contributed by atoms with Crippen LogP contribution in [-0.4, -0.2) is 49.7 Å². The molecule has 0 rings (SSSR count). The molecule has 0 unspecified atom stereocenters. The van der Waals surface area contributed by atoms with Crippen LogP contribution in [0, 0.1) is 0 Å². The molecule has 0 atom stereocenters. The molecule has 0 amide bonds. The van der Waals surface area contributed by atoms with E-state index in [0.29, 0.717) is 0 Å². The van der Waals surface area contributed by atoms with E-state index in [1.807, 2.05) is 0 Å². The molecule has 4 heteroatoms. The van der Waals surface area contributed by atoms with Gasteiger partial charge in [-0.1, -0.05) is 0 Å². The van der Waals surface area contributed by atoms with Crippen molar-refractivity contribution in [3.8, 4) is 0 Å². The van der Waals surface area contributed by atoms with Crippen LogP contribution in [-0.2, 0) is 0 Å². The molecule has 30 valence electrons. The molecule has 0 saturated carbocycles. The van der Waals surface area contributed by atoms with E-state index in [2.05, 4.69) is 0 Å². The maximum absolute atomic E-state index is 0. The van der Waals surface area contributed by atoms with Gasteiger partial charge < -0.3 is 6.15 Å². The van der Waals surface area contributed by atoms with Crippen molar-refractivity contribution in [1.82, 2.24) is 6.15 Å². The summed E-state index contributed by atoms with van der Waals surface area (Å²) in [7, 11) is 0. The summed E-state index contributed by atoms with van der Waals surface area (Å²) in [6.07, 6.45) is 0. The molecule has 0 bridgehead atoms. The fourth-order valence-electron chi connectivity index (χ4n) is 0. The zero-order valence-corrected chi connectivity index (χ0v) is 4.06. The van der Waals surface area contributed by atoms with Crippen LogP contribution in [0.4, 0.5) is 0 Å². The Bertz CT molecular complexity index is 8.00. The third-order valence-corrected chi connectivity index (χ3v) is 0. The first-order valence-electron chi connectivity index (χ1n) is 0. The van der Waals surface area contributed by atoms with Crippen molar-refractivity contribution in [3.05, 3.63) is 0 Å². The van der Waals surface area contributed by atoms with E-state index in [-0.39, 0.29) is 55.8 Å². The summed E-state index contributed by atoms with van der Waals surface area (Å²) < 4.78 is 0. The molecule has 0 aromatic rings. The Balaban J connectivity index is 0. The standard InChI is InChI=1S/BH3.GeH4.H3N.H2Te/h1H3;1H4;1H3;1H2. The Hall–Kier alpha value is 1.36. The number of hydrogen-bond donors (Lipinski definition) is 1. The SMILES string of the molecule is B.N.[GeH4].[TeH2]. The average Bonchev–Trinajstić information content (AvgIpc) is 0. The van der Waals surface area contributed by atoms with Crippen LogP contribution in [0.25, 0.3) is 0 Å². The quantitative estimate of drug-likeness (QED) is 0.438. The van der Waals surface area contributed by atoms with Gasteiger partial charge in [0.1, 0.15) is 0 Å². The van der Waals surface area contributed by atoms with Crippen molar-refractivity contribution in [2.75, 3.05) is 0 Å². The van der Waals surface area contributed by atoms with E-state index in [4.69, 9.17) is 0 Å². The number of hydrogen-bond acceptors (Lipinski definition) is 1. The second kappa shape index (κ2) is 26.7. The molecule has 0 heterocycles. The van der Waals surface area contributed by atoms with Gasteiger partial charge in [-0.25, -0.2) is 0 Å². The maximum atomic E-state index is 0. The minimum absolute atomic E-state index is 0. The first kappa shape index (κ1) is 55.2. The molecule has 0 aromatic heterocycles. The Morgan fingerprint density at radius 2 is 1.00 bits per heavy atom. The van der Waals surface area contributed by atoms with Gasteiger partial charge in [0.2, 0.25) is 0 Å². The van der Waals surface area contributed by atoms with Crippen LogP contribution in [0.3, 0.4) is 0 Å². The molecule has 0 aliphatic heterocycles. The zero-order chi connectivity index (χ0) is 0. The molecule has 3 N–H and O–H groups in total. The fourth-order valence-corrected chi connectivity index (χ4v) is 0. The van der Waals surface area contributed by atoms with Gasteiger partial charge >= 0.3 is 41.3 Å². The van der Waals surface area contributed by atoms with Gasteiger partial charge in [0.25, 0.3) is 0 Å². The normalized spacial score (nSPS) is 0. The molecule has 0 aliphatic rings. The number of rotatable bonds is 0. The third-order valence-electron chi connectivity index (χ3n) is 0. The van der Waals surface area contributed by atoms with Gasteiger partial charge in [0.15, 0.2) is 0 Å². The average molecular weight is 237 g/mol. The molecule has 0 spiro atoms. The van der Waals surface area contributed by atoms with E-state index in [0.717, 1.165) is 0 Å². The molecule has 0 saturated heterocycles. The molecular weight excluding hydrogens is 225 g/mol. The Kier molecular flexibility index (Phi) is 368. The van der Waals surface area contributed by atoms with Crippen LogP contribution in [0.1, 0.15) is 0 Å². The molecular formula is H12BGeNTe. The van der Waals surface area contributed by atoms with Crippen LogP contribution in [0.15, 0.2) is 0 Å². The van der Waals surface area contributed by atoms with Crippen molar-refractivity contribution >= 4 is 49.7 Å². The Morgan fingerprint density at radius 1 is 1.00 bits per heavy atom.